The van der Waals surface area contributed by atoms with Gasteiger partial charge in [0.05, 0.1) is 11.9 Å². The first-order valence-corrected chi connectivity index (χ1v) is 11.9. The van der Waals surface area contributed by atoms with Gasteiger partial charge in [-0.1, -0.05) is 31.4 Å². The summed E-state index contributed by atoms with van der Waals surface area (Å²) in [6, 6.07) is 9.84. The monoisotopic (exact) mass is 432 g/mol. The zero-order chi connectivity index (χ0) is 21.8. The maximum atomic E-state index is 12.9. The quantitative estimate of drug-likeness (QED) is 0.527. The van der Waals surface area contributed by atoms with Gasteiger partial charge in [0.15, 0.2) is 0 Å². The molecule has 3 aromatic rings. The van der Waals surface area contributed by atoms with E-state index in [9.17, 15) is 4.79 Å². The summed E-state index contributed by atoms with van der Waals surface area (Å²) in [6.45, 7) is 2.83. The Labute approximate surface area is 189 Å². The summed E-state index contributed by atoms with van der Waals surface area (Å²) in [6.07, 6.45) is 12.1. The van der Waals surface area contributed by atoms with Crippen LogP contribution >= 0.6 is 0 Å². The van der Waals surface area contributed by atoms with E-state index in [-0.39, 0.29) is 11.8 Å². The van der Waals surface area contributed by atoms with E-state index in [1.165, 1.54) is 43.4 Å². The molecule has 5 rings (SSSR count). The third-order valence-corrected chi connectivity index (χ3v) is 7.06. The minimum Gasteiger partial charge on any atom is -0.326 e. The molecule has 3 heterocycles. The number of likely N-dealkylation sites (tertiary alicyclic amines) is 1. The van der Waals surface area contributed by atoms with Crippen LogP contribution < -0.4 is 5.32 Å². The second-order valence-electron chi connectivity index (χ2n) is 9.23. The Morgan fingerprint density at radius 1 is 1.03 bits per heavy atom. The van der Waals surface area contributed by atoms with Crippen LogP contribution in [0.5, 0.6) is 0 Å². The zero-order valence-electron chi connectivity index (χ0n) is 18.5. The molecule has 3 N–H and O–H groups in total. The average Bonchev–Trinajstić information content (AvgIpc) is 3.53. The lowest BCUT2D eigenvalue weighted by molar-refractivity contribution is -0.121. The van der Waals surface area contributed by atoms with E-state index in [1.807, 2.05) is 36.5 Å². The number of benzene rings is 1. The van der Waals surface area contributed by atoms with Crippen LogP contribution in [0, 0.1) is 5.92 Å². The Morgan fingerprint density at radius 3 is 2.66 bits per heavy atom. The standard InChI is InChI=1S/C25H32N6O/c32-25(28-22-8-4-7-20(15-22)23-9-12-26-29-23)19-10-13-31(14-11-19)17-21-16-27-30-24(21)18-5-2-1-3-6-18/h4,7-9,12,15-16,18-19H,1-3,5-6,10-11,13-14,17H2,(H,26,29)(H,27,30)(H,28,32). The fourth-order valence-electron chi connectivity index (χ4n) is 5.21. The molecule has 7 nitrogen and oxygen atoms in total. The molecule has 1 aromatic carbocycles. The van der Waals surface area contributed by atoms with Gasteiger partial charge in [-0.2, -0.15) is 10.2 Å². The molecule has 2 fully saturated rings. The number of nitrogens with one attached hydrogen (secondary N) is 3. The van der Waals surface area contributed by atoms with Crippen molar-refractivity contribution < 1.29 is 4.79 Å². The normalized spacial score (nSPS) is 18.6. The van der Waals surface area contributed by atoms with E-state index in [4.69, 9.17) is 0 Å². The molecule has 32 heavy (non-hydrogen) atoms. The summed E-state index contributed by atoms with van der Waals surface area (Å²) in [4.78, 5) is 15.4. The van der Waals surface area contributed by atoms with E-state index >= 15 is 0 Å². The van der Waals surface area contributed by atoms with Gasteiger partial charge in [-0.25, -0.2) is 0 Å². The van der Waals surface area contributed by atoms with E-state index in [0.717, 1.165) is 49.4 Å². The van der Waals surface area contributed by atoms with Gasteiger partial charge in [-0.3, -0.25) is 19.9 Å². The molecular weight excluding hydrogens is 400 g/mol. The van der Waals surface area contributed by atoms with Gasteiger partial charge in [0.2, 0.25) is 5.91 Å². The van der Waals surface area contributed by atoms with Crippen LogP contribution in [0.4, 0.5) is 5.69 Å². The largest absolute Gasteiger partial charge is 0.326 e. The van der Waals surface area contributed by atoms with Crippen molar-refractivity contribution in [3.63, 3.8) is 0 Å². The number of piperidine rings is 1. The molecule has 0 bridgehead atoms. The van der Waals surface area contributed by atoms with Crippen molar-refractivity contribution in [1.29, 1.82) is 0 Å². The van der Waals surface area contributed by atoms with Crippen LogP contribution in [0.3, 0.4) is 0 Å². The number of aromatic amines is 2. The van der Waals surface area contributed by atoms with E-state index in [0.29, 0.717) is 5.92 Å². The first kappa shape index (κ1) is 20.9. The fourth-order valence-corrected chi connectivity index (χ4v) is 5.21. The Morgan fingerprint density at radius 2 is 1.88 bits per heavy atom. The average molecular weight is 433 g/mol. The van der Waals surface area contributed by atoms with Crippen LogP contribution in [-0.4, -0.2) is 44.3 Å². The van der Waals surface area contributed by atoms with E-state index in [1.54, 1.807) is 6.20 Å². The zero-order valence-corrected chi connectivity index (χ0v) is 18.5. The summed E-state index contributed by atoms with van der Waals surface area (Å²) in [5.41, 5.74) is 5.49. The highest BCUT2D eigenvalue weighted by atomic mass is 16.1. The number of nitrogens with zero attached hydrogens (tertiary/aromatic N) is 3. The van der Waals surface area contributed by atoms with Gasteiger partial charge in [0, 0.05) is 47.1 Å². The molecule has 2 aromatic heterocycles. The number of hydrogen-bond acceptors (Lipinski definition) is 4. The molecule has 2 aliphatic rings. The number of hydrogen-bond donors (Lipinski definition) is 3. The minimum atomic E-state index is 0.0595. The molecular formula is C25H32N6O. The Balaban J connectivity index is 1.14. The first-order chi connectivity index (χ1) is 15.8. The van der Waals surface area contributed by atoms with Crippen molar-refractivity contribution in [2.45, 2.75) is 57.4 Å². The SMILES string of the molecule is O=C(Nc1cccc(-c2ccn[nH]2)c1)C1CCN(Cc2cn[nH]c2C2CCCCC2)CC1. The second-order valence-corrected chi connectivity index (χ2v) is 9.23. The Hall–Kier alpha value is -2.93. The lowest BCUT2D eigenvalue weighted by Gasteiger charge is -2.31. The number of carbonyl (C=O) groups excluding carboxylic acids is 1. The summed E-state index contributed by atoms with van der Waals surface area (Å²) in [5.74, 6) is 0.823. The van der Waals surface area contributed by atoms with Gasteiger partial charge in [0.25, 0.3) is 0 Å². The van der Waals surface area contributed by atoms with Gasteiger partial charge < -0.3 is 5.32 Å². The predicted molar refractivity (Wildman–Crippen MR) is 125 cm³/mol. The molecule has 1 saturated heterocycles. The minimum absolute atomic E-state index is 0.0595. The molecule has 1 aliphatic carbocycles. The predicted octanol–water partition coefficient (Wildman–Crippen LogP) is 4.70. The highest BCUT2D eigenvalue weighted by Gasteiger charge is 2.27. The van der Waals surface area contributed by atoms with Gasteiger partial charge in [0.1, 0.15) is 0 Å². The number of amides is 1. The van der Waals surface area contributed by atoms with Crippen LogP contribution in [-0.2, 0) is 11.3 Å². The molecule has 0 spiro atoms. The summed E-state index contributed by atoms with van der Waals surface area (Å²) < 4.78 is 0. The molecule has 0 atom stereocenters. The van der Waals surface area contributed by atoms with Crippen molar-refractivity contribution in [2.24, 2.45) is 5.92 Å². The Kier molecular flexibility index (Phi) is 6.34. The molecule has 1 aliphatic heterocycles. The molecule has 7 heteroatoms. The lowest BCUT2D eigenvalue weighted by atomic mass is 9.85. The second kappa shape index (κ2) is 9.69. The molecule has 0 unspecified atom stereocenters. The Bertz CT molecular complexity index is 1010. The highest BCUT2D eigenvalue weighted by Crippen LogP contribution is 2.34. The smallest absolute Gasteiger partial charge is 0.227 e. The number of rotatable bonds is 6. The maximum Gasteiger partial charge on any atom is 0.227 e. The van der Waals surface area contributed by atoms with Crippen LogP contribution in [0.2, 0.25) is 0 Å². The third kappa shape index (κ3) is 4.78. The number of anilines is 1. The fraction of sp³-hybridized carbons (Fsp3) is 0.480. The number of carbonyl (C=O) groups is 1. The van der Waals surface area contributed by atoms with Crippen LogP contribution in [0.1, 0.15) is 62.1 Å². The highest BCUT2D eigenvalue weighted by molar-refractivity contribution is 5.93. The van der Waals surface area contributed by atoms with Crippen LogP contribution in [0.15, 0.2) is 42.7 Å². The van der Waals surface area contributed by atoms with Gasteiger partial charge >= 0.3 is 0 Å². The summed E-state index contributed by atoms with van der Waals surface area (Å²) in [7, 11) is 0. The van der Waals surface area contributed by atoms with Crippen molar-refractivity contribution in [3.8, 4) is 11.3 Å². The van der Waals surface area contributed by atoms with Gasteiger partial charge in [-0.05, 0) is 57.0 Å². The van der Waals surface area contributed by atoms with Crippen molar-refractivity contribution in [2.75, 3.05) is 18.4 Å². The molecule has 1 amide bonds. The topological polar surface area (TPSA) is 89.7 Å². The molecule has 1 saturated carbocycles. The molecule has 168 valence electrons. The van der Waals surface area contributed by atoms with E-state index in [2.05, 4.69) is 30.6 Å². The van der Waals surface area contributed by atoms with E-state index < -0.39 is 0 Å². The summed E-state index contributed by atoms with van der Waals surface area (Å²) >= 11 is 0. The number of H-pyrrole nitrogens is 2. The maximum absolute atomic E-state index is 12.9. The molecule has 0 radical (unpaired) electrons. The van der Waals surface area contributed by atoms with Crippen molar-refractivity contribution in [1.82, 2.24) is 25.3 Å². The lowest BCUT2D eigenvalue weighted by Crippen LogP contribution is -2.37. The first-order valence-electron chi connectivity index (χ1n) is 11.9. The van der Waals surface area contributed by atoms with Crippen molar-refractivity contribution in [3.05, 3.63) is 54.0 Å². The summed E-state index contributed by atoms with van der Waals surface area (Å²) in [5, 5.41) is 17.7. The van der Waals surface area contributed by atoms with Gasteiger partial charge in [-0.15, -0.1) is 0 Å². The third-order valence-electron chi connectivity index (χ3n) is 7.06. The van der Waals surface area contributed by atoms with Crippen molar-refractivity contribution >= 4 is 11.6 Å². The van der Waals surface area contributed by atoms with Crippen LogP contribution in [0.25, 0.3) is 11.3 Å². The number of aromatic nitrogens is 4.